The average molecular weight is 553 g/mol. The number of morpholine rings is 1. The normalized spacial score (nSPS) is 16.3. The molecule has 1 aromatic carbocycles. The maximum atomic E-state index is 5.61. The van der Waals surface area contributed by atoms with Crippen LogP contribution in [0.15, 0.2) is 53.7 Å². The number of nitrogens with zero attached hydrogens (tertiary/aromatic N) is 4. The lowest BCUT2D eigenvalue weighted by Gasteiger charge is -2.32. The predicted molar refractivity (Wildman–Crippen MR) is 144 cm³/mol. The van der Waals surface area contributed by atoms with Crippen molar-refractivity contribution in [1.82, 2.24) is 15.6 Å². The van der Waals surface area contributed by atoms with Gasteiger partial charge in [-0.1, -0.05) is 24.3 Å². The van der Waals surface area contributed by atoms with E-state index < -0.39 is 0 Å². The van der Waals surface area contributed by atoms with E-state index in [0.29, 0.717) is 6.54 Å². The highest BCUT2D eigenvalue weighted by molar-refractivity contribution is 14.0. The van der Waals surface area contributed by atoms with Crippen LogP contribution in [0.4, 0.5) is 11.5 Å². The molecular formula is C24H37IN6O. The minimum Gasteiger partial charge on any atom is -0.375 e. The highest BCUT2D eigenvalue weighted by atomic mass is 127. The lowest BCUT2D eigenvalue weighted by molar-refractivity contribution is 0.0529. The van der Waals surface area contributed by atoms with Crippen LogP contribution >= 0.6 is 24.0 Å². The Hall–Kier alpha value is -2.07. The van der Waals surface area contributed by atoms with Crippen LogP contribution in [-0.2, 0) is 11.3 Å². The second kappa shape index (κ2) is 14.2. The first-order valence-electron chi connectivity index (χ1n) is 11.3. The van der Waals surface area contributed by atoms with E-state index in [1.807, 2.05) is 6.20 Å². The quantitative estimate of drug-likeness (QED) is 0.215. The number of pyridine rings is 1. The molecule has 1 aliphatic rings. The zero-order chi connectivity index (χ0) is 21.9. The van der Waals surface area contributed by atoms with E-state index in [1.165, 1.54) is 5.69 Å². The van der Waals surface area contributed by atoms with Crippen molar-refractivity contribution in [1.29, 1.82) is 0 Å². The van der Waals surface area contributed by atoms with Gasteiger partial charge in [0.2, 0.25) is 0 Å². The van der Waals surface area contributed by atoms with E-state index in [-0.39, 0.29) is 30.1 Å². The highest BCUT2D eigenvalue weighted by Crippen LogP contribution is 2.15. The van der Waals surface area contributed by atoms with Gasteiger partial charge in [0.05, 0.1) is 12.7 Å². The number of anilines is 2. The summed E-state index contributed by atoms with van der Waals surface area (Å²) in [4.78, 5) is 13.6. The van der Waals surface area contributed by atoms with Gasteiger partial charge in [0.15, 0.2) is 5.96 Å². The monoisotopic (exact) mass is 552 g/mol. The summed E-state index contributed by atoms with van der Waals surface area (Å²) >= 11 is 0. The van der Waals surface area contributed by atoms with Gasteiger partial charge in [-0.05, 0) is 44.0 Å². The molecule has 2 N–H and O–H groups in total. The Kier molecular flexibility index (Phi) is 11.6. The number of para-hydroxylation sites is 1. The Bertz CT molecular complexity index is 802. The minimum atomic E-state index is 0. The number of aromatic nitrogens is 1. The number of ether oxygens (including phenoxy) is 1. The van der Waals surface area contributed by atoms with Gasteiger partial charge in [0.25, 0.3) is 0 Å². The van der Waals surface area contributed by atoms with Crippen molar-refractivity contribution >= 4 is 41.4 Å². The van der Waals surface area contributed by atoms with Gasteiger partial charge in [0.1, 0.15) is 5.82 Å². The minimum absolute atomic E-state index is 0. The molecule has 2 heterocycles. The van der Waals surface area contributed by atoms with Crippen molar-refractivity contribution in [3.8, 4) is 0 Å². The zero-order valence-electron chi connectivity index (χ0n) is 19.5. The number of guanidine groups is 1. The number of rotatable bonds is 9. The van der Waals surface area contributed by atoms with Crippen LogP contribution in [0.2, 0.25) is 0 Å². The molecule has 1 atom stereocenters. The molecule has 1 aromatic heterocycles. The molecule has 3 rings (SSSR count). The third-order valence-electron chi connectivity index (χ3n) is 5.46. The fourth-order valence-electron chi connectivity index (χ4n) is 3.73. The van der Waals surface area contributed by atoms with Crippen LogP contribution in [0.3, 0.4) is 0 Å². The molecule has 1 aliphatic heterocycles. The number of halogens is 1. The smallest absolute Gasteiger partial charge is 0.191 e. The van der Waals surface area contributed by atoms with Gasteiger partial charge >= 0.3 is 0 Å². The van der Waals surface area contributed by atoms with E-state index in [2.05, 4.69) is 86.7 Å². The van der Waals surface area contributed by atoms with Gasteiger partial charge in [-0.2, -0.15) is 0 Å². The SMILES string of the molecule is CCN(CCCNC(=NC)NCc1ccc(N2CCOC(C)C2)nc1)c1ccccc1.I. The van der Waals surface area contributed by atoms with Gasteiger partial charge in [-0.3, -0.25) is 4.99 Å². The molecule has 32 heavy (non-hydrogen) atoms. The summed E-state index contributed by atoms with van der Waals surface area (Å²) in [5, 5.41) is 6.79. The second-order valence-electron chi connectivity index (χ2n) is 7.77. The molecule has 0 spiro atoms. The Morgan fingerprint density at radius 1 is 1.22 bits per heavy atom. The van der Waals surface area contributed by atoms with Crippen LogP contribution in [0.25, 0.3) is 0 Å². The molecule has 7 nitrogen and oxygen atoms in total. The summed E-state index contributed by atoms with van der Waals surface area (Å²) in [7, 11) is 1.80. The van der Waals surface area contributed by atoms with Crippen molar-refractivity contribution < 1.29 is 4.74 Å². The third kappa shape index (κ3) is 8.12. The molecule has 1 fully saturated rings. The second-order valence-corrected chi connectivity index (χ2v) is 7.77. The summed E-state index contributed by atoms with van der Waals surface area (Å²) in [6.07, 6.45) is 3.23. The summed E-state index contributed by atoms with van der Waals surface area (Å²) in [6.45, 7) is 10.4. The Labute approximate surface area is 209 Å². The van der Waals surface area contributed by atoms with Crippen LogP contribution in [-0.4, -0.2) is 63.4 Å². The van der Waals surface area contributed by atoms with Crippen molar-refractivity contribution in [3.05, 3.63) is 54.2 Å². The average Bonchev–Trinajstić information content (AvgIpc) is 2.82. The van der Waals surface area contributed by atoms with Crippen molar-refractivity contribution in [2.75, 3.05) is 56.2 Å². The summed E-state index contributed by atoms with van der Waals surface area (Å²) in [5.74, 6) is 1.83. The fraction of sp³-hybridized carbons (Fsp3) is 0.500. The molecule has 1 saturated heterocycles. The molecule has 0 radical (unpaired) electrons. The largest absolute Gasteiger partial charge is 0.375 e. The summed E-state index contributed by atoms with van der Waals surface area (Å²) in [5.41, 5.74) is 2.41. The first kappa shape index (κ1) is 26.2. The van der Waals surface area contributed by atoms with Gasteiger partial charge in [-0.15, -0.1) is 24.0 Å². The Balaban J connectivity index is 0.00000363. The molecule has 0 aliphatic carbocycles. The van der Waals surface area contributed by atoms with Crippen molar-refractivity contribution in [2.45, 2.75) is 32.9 Å². The molecule has 0 amide bonds. The van der Waals surface area contributed by atoms with Crippen LogP contribution in [0, 0.1) is 0 Å². The number of hydrogen-bond donors (Lipinski definition) is 2. The van der Waals surface area contributed by atoms with Crippen LogP contribution < -0.4 is 20.4 Å². The van der Waals surface area contributed by atoms with Crippen LogP contribution in [0.1, 0.15) is 25.8 Å². The number of benzene rings is 1. The first-order chi connectivity index (χ1) is 15.2. The van der Waals surface area contributed by atoms with E-state index in [4.69, 9.17) is 4.74 Å². The molecule has 176 valence electrons. The molecule has 2 aromatic rings. The maximum absolute atomic E-state index is 5.61. The van der Waals surface area contributed by atoms with E-state index in [0.717, 1.165) is 63.1 Å². The number of nitrogens with one attached hydrogen (secondary N) is 2. The fourth-order valence-corrected chi connectivity index (χ4v) is 3.73. The maximum Gasteiger partial charge on any atom is 0.191 e. The molecule has 8 heteroatoms. The lowest BCUT2D eigenvalue weighted by atomic mass is 10.2. The number of hydrogen-bond acceptors (Lipinski definition) is 5. The molecule has 0 bridgehead atoms. The van der Waals surface area contributed by atoms with Crippen molar-refractivity contribution in [3.63, 3.8) is 0 Å². The van der Waals surface area contributed by atoms with E-state index in [1.54, 1.807) is 7.05 Å². The van der Waals surface area contributed by atoms with Gasteiger partial charge < -0.3 is 25.2 Å². The standard InChI is InChI=1S/C24H36N6O.HI/c1-4-29(22-9-6-5-7-10-22)14-8-13-26-24(25-3)28-18-21-11-12-23(27-17-21)30-15-16-31-20(2)19-30;/h5-7,9-12,17,20H,4,8,13-16,18-19H2,1-3H3,(H2,25,26,28);1H. The molecule has 1 unspecified atom stereocenters. The Morgan fingerprint density at radius 2 is 2.03 bits per heavy atom. The Morgan fingerprint density at radius 3 is 2.69 bits per heavy atom. The molecular weight excluding hydrogens is 515 g/mol. The topological polar surface area (TPSA) is 65.0 Å². The highest BCUT2D eigenvalue weighted by Gasteiger charge is 2.17. The number of aliphatic imine (C=N–C) groups is 1. The lowest BCUT2D eigenvalue weighted by Crippen LogP contribution is -2.41. The van der Waals surface area contributed by atoms with E-state index >= 15 is 0 Å². The predicted octanol–water partition coefficient (Wildman–Crippen LogP) is 3.51. The van der Waals surface area contributed by atoms with Crippen molar-refractivity contribution in [2.24, 2.45) is 4.99 Å². The molecule has 0 saturated carbocycles. The third-order valence-corrected chi connectivity index (χ3v) is 5.46. The van der Waals surface area contributed by atoms with Crippen LogP contribution in [0.5, 0.6) is 0 Å². The van der Waals surface area contributed by atoms with E-state index in [9.17, 15) is 0 Å². The summed E-state index contributed by atoms with van der Waals surface area (Å²) in [6, 6.07) is 14.8. The van der Waals surface area contributed by atoms with Gasteiger partial charge in [-0.25, -0.2) is 4.98 Å². The first-order valence-corrected chi connectivity index (χ1v) is 11.3. The zero-order valence-corrected chi connectivity index (χ0v) is 21.8. The van der Waals surface area contributed by atoms with Gasteiger partial charge in [0, 0.05) is 58.2 Å². The summed E-state index contributed by atoms with van der Waals surface area (Å²) < 4.78 is 5.61.